The number of pyridine rings is 1. The number of hydrogen-bond donors (Lipinski definition) is 1. The number of rotatable bonds is 6. The fourth-order valence-electron chi connectivity index (χ4n) is 4.03. The number of nitrogens with two attached hydrogens (primary N) is 1. The number of thiazole rings is 1. The normalized spacial score (nSPS) is 12.7. The summed E-state index contributed by atoms with van der Waals surface area (Å²) in [5, 5.41) is 8.40. The zero-order chi connectivity index (χ0) is 23.6. The molecule has 0 saturated carbocycles. The van der Waals surface area contributed by atoms with Gasteiger partial charge in [0.1, 0.15) is 5.03 Å². The SMILES string of the molecule is CCc1nc(-c2ccccc2)c(-c2ccnc(S(N)(=O)(c3ccccc3)c3ccccc3)c2)s1. The first-order chi connectivity index (χ1) is 16.5. The van der Waals surface area contributed by atoms with Gasteiger partial charge in [-0.05, 0) is 48.4 Å². The Kier molecular flexibility index (Phi) is 5.73. The van der Waals surface area contributed by atoms with E-state index in [1.165, 1.54) is 0 Å². The third kappa shape index (κ3) is 3.70. The monoisotopic (exact) mass is 483 g/mol. The summed E-state index contributed by atoms with van der Waals surface area (Å²) in [5.41, 5.74) is 2.86. The van der Waals surface area contributed by atoms with Gasteiger partial charge in [-0.3, -0.25) is 9.35 Å². The van der Waals surface area contributed by atoms with Gasteiger partial charge in [0, 0.05) is 30.8 Å². The van der Waals surface area contributed by atoms with Crippen LogP contribution >= 0.6 is 11.3 Å². The molecule has 0 saturated heterocycles. The van der Waals surface area contributed by atoms with Gasteiger partial charge in [-0.1, -0.05) is 73.7 Å². The van der Waals surface area contributed by atoms with Crippen molar-refractivity contribution < 1.29 is 4.21 Å². The molecule has 6 heteroatoms. The summed E-state index contributed by atoms with van der Waals surface area (Å²) in [6.07, 6.45) is 2.53. The molecule has 0 radical (unpaired) electrons. The first-order valence-corrected chi connectivity index (χ1v) is 13.9. The average Bonchev–Trinajstić information content (AvgIpc) is 3.35. The number of benzene rings is 3. The van der Waals surface area contributed by atoms with E-state index in [1.807, 2.05) is 91.0 Å². The molecule has 0 bridgehead atoms. The van der Waals surface area contributed by atoms with Gasteiger partial charge in [-0.15, -0.1) is 11.3 Å². The van der Waals surface area contributed by atoms with Crippen molar-refractivity contribution in [3.63, 3.8) is 0 Å². The summed E-state index contributed by atoms with van der Waals surface area (Å²) < 4.78 is 15.1. The maximum atomic E-state index is 15.1. The van der Waals surface area contributed by atoms with Gasteiger partial charge < -0.3 is 0 Å². The summed E-state index contributed by atoms with van der Waals surface area (Å²) in [7, 11) is -4.20. The Hall–Kier alpha value is -3.45. The molecule has 5 rings (SSSR count). The van der Waals surface area contributed by atoms with Crippen LogP contribution in [0.4, 0.5) is 0 Å². The van der Waals surface area contributed by atoms with Crippen molar-refractivity contribution >= 4 is 20.6 Å². The molecule has 3 aromatic carbocycles. The van der Waals surface area contributed by atoms with Gasteiger partial charge in [0.2, 0.25) is 0 Å². The molecule has 4 nitrogen and oxygen atoms in total. The van der Waals surface area contributed by atoms with Crippen molar-refractivity contribution in [3.8, 4) is 21.7 Å². The molecular weight excluding hydrogens is 458 g/mol. The van der Waals surface area contributed by atoms with Crippen LogP contribution in [0.1, 0.15) is 11.9 Å². The smallest absolute Gasteiger partial charge is 0.126 e. The topological polar surface area (TPSA) is 68.9 Å². The van der Waals surface area contributed by atoms with Crippen LogP contribution in [0.2, 0.25) is 0 Å². The fraction of sp³-hybridized carbons (Fsp3) is 0.0714. The summed E-state index contributed by atoms with van der Waals surface area (Å²) in [6, 6.07) is 32.4. The molecule has 0 amide bonds. The van der Waals surface area contributed by atoms with Crippen LogP contribution in [0.3, 0.4) is 0 Å². The molecule has 2 aromatic heterocycles. The highest BCUT2D eigenvalue weighted by Gasteiger charge is 2.40. The van der Waals surface area contributed by atoms with E-state index < -0.39 is 9.25 Å². The largest absolute Gasteiger partial charge is 0.260 e. The third-order valence-electron chi connectivity index (χ3n) is 5.86. The van der Waals surface area contributed by atoms with Crippen LogP contribution in [0.25, 0.3) is 21.7 Å². The van der Waals surface area contributed by atoms with Crippen molar-refractivity contribution in [1.82, 2.24) is 9.97 Å². The second-order valence-electron chi connectivity index (χ2n) is 8.02. The van der Waals surface area contributed by atoms with E-state index in [2.05, 4.69) is 24.0 Å². The minimum absolute atomic E-state index is 0.345. The minimum Gasteiger partial charge on any atom is -0.260 e. The highest BCUT2D eigenvalue weighted by Crippen LogP contribution is 2.46. The predicted molar refractivity (Wildman–Crippen MR) is 140 cm³/mol. The third-order valence-corrected chi connectivity index (χ3v) is 10.6. The molecule has 0 aliphatic rings. The molecule has 2 heterocycles. The lowest BCUT2D eigenvalue weighted by atomic mass is 10.1. The Labute approximate surface area is 203 Å². The molecular formula is C28H25N3OS2. The maximum absolute atomic E-state index is 15.1. The van der Waals surface area contributed by atoms with Crippen molar-refractivity contribution in [2.45, 2.75) is 28.2 Å². The summed E-state index contributed by atoms with van der Waals surface area (Å²) in [4.78, 5) is 11.6. The molecule has 5 aromatic rings. The van der Waals surface area contributed by atoms with Gasteiger partial charge in [0.25, 0.3) is 0 Å². The molecule has 2 N–H and O–H groups in total. The minimum atomic E-state index is -4.20. The summed E-state index contributed by atoms with van der Waals surface area (Å²) in [6.45, 7) is 2.10. The molecule has 0 fully saturated rings. The zero-order valence-electron chi connectivity index (χ0n) is 18.8. The number of hydrogen-bond acceptors (Lipinski definition) is 4. The second-order valence-corrected chi connectivity index (χ2v) is 12.5. The number of aromatic nitrogens is 2. The molecule has 0 aliphatic heterocycles. The first kappa shape index (κ1) is 22.3. The lowest BCUT2D eigenvalue weighted by Gasteiger charge is -2.38. The standard InChI is InChI=1S/C28H25N3OS2/c1-2-25-31-27(21-12-6-3-7-13-21)28(33-25)22-18-19-30-26(20-22)34(29,32,23-14-8-4-9-15-23)24-16-10-5-11-17-24/h3-20H,2H2,1H3,(H2,29,32). The highest BCUT2D eigenvalue weighted by atomic mass is 32.3. The quantitative estimate of drug-likeness (QED) is 0.296. The molecule has 170 valence electrons. The lowest BCUT2D eigenvalue weighted by Crippen LogP contribution is -2.44. The van der Waals surface area contributed by atoms with Crippen LogP contribution in [-0.4, -0.2) is 14.2 Å². The second kappa shape index (κ2) is 8.72. The van der Waals surface area contributed by atoms with E-state index in [4.69, 9.17) is 10.1 Å². The molecule has 0 atom stereocenters. The van der Waals surface area contributed by atoms with Gasteiger partial charge >= 0.3 is 0 Å². The Morgan fingerprint density at radius 3 is 1.91 bits per heavy atom. The van der Waals surface area contributed by atoms with Gasteiger partial charge in [-0.25, -0.2) is 9.97 Å². The molecule has 0 unspecified atom stereocenters. The van der Waals surface area contributed by atoms with Crippen LogP contribution in [0, 0.1) is 0 Å². The number of nitrogens with zero attached hydrogens (tertiary/aromatic N) is 2. The van der Waals surface area contributed by atoms with E-state index in [1.54, 1.807) is 17.5 Å². The first-order valence-electron chi connectivity index (χ1n) is 11.1. The number of aryl methyl sites for hydroxylation is 1. The highest BCUT2D eigenvalue weighted by molar-refractivity contribution is 8.18. The van der Waals surface area contributed by atoms with Gasteiger partial charge in [0.05, 0.1) is 15.6 Å². The molecule has 0 spiro atoms. The Morgan fingerprint density at radius 1 is 0.794 bits per heavy atom. The van der Waals surface area contributed by atoms with Gasteiger partial charge in [0.15, 0.2) is 0 Å². The van der Waals surface area contributed by atoms with E-state index >= 15 is 4.21 Å². The molecule has 0 aliphatic carbocycles. The Bertz CT molecular complexity index is 1450. The van der Waals surface area contributed by atoms with Crippen molar-refractivity contribution in [3.05, 3.63) is 114 Å². The van der Waals surface area contributed by atoms with E-state index in [0.717, 1.165) is 33.1 Å². The zero-order valence-corrected chi connectivity index (χ0v) is 20.4. The average molecular weight is 484 g/mol. The van der Waals surface area contributed by atoms with E-state index in [9.17, 15) is 0 Å². The van der Waals surface area contributed by atoms with Crippen molar-refractivity contribution in [2.24, 2.45) is 5.14 Å². The maximum Gasteiger partial charge on any atom is 0.126 e. The summed E-state index contributed by atoms with van der Waals surface area (Å²) in [5.74, 6) is 0. The van der Waals surface area contributed by atoms with Gasteiger partial charge in [-0.2, -0.15) is 0 Å². The predicted octanol–water partition coefficient (Wildman–Crippen LogP) is 6.61. The van der Waals surface area contributed by atoms with Crippen molar-refractivity contribution in [1.29, 1.82) is 0 Å². The van der Waals surface area contributed by atoms with Crippen LogP contribution in [0.15, 0.2) is 124 Å². The van der Waals surface area contributed by atoms with E-state index in [-0.39, 0.29) is 0 Å². The molecule has 34 heavy (non-hydrogen) atoms. The Balaban J connectivity index is 1.75. The fourth-order valence-corrected chi connectivity index (χ4v) is 7.84. The van der Waals surface area contributed by atoms with Crippen LogP contribution in [-0.2, 0) is 15.7 Å². The lowest BCUT2D eigenvalue weighted by molar-refractivity contribution is 0.650. The van der Waals surface area contributed by atoms with Crippen LogP contribution < -0.4 is 5.14 Å². The van der Waals surface area contributed by atoms with E-state index in [0.29, 0.717) is 14.8 Å². The van der Waals surface area contributed by atoms with Crippen molar-refractivity contribution in [2.75, 3.05) is 0 Å². The van der Waals surface area contributed by atoms with Crippen LogP contribution in [0.5, 0.6) is 0 Å². The summed E-state index contributed by atoms with van der Waals surface area (Å²) >= 11 is 1.65. The Morgan fingerprint density at radius 2 is 1.35 bits per heavy atom.